The first-order chi connectivity index (χ1) is 7.76. The molecule has 0 aliphatic rings. The monoisotopic (exact) mass is 225 g/mol. The molecule has 1 aromatic rings. The maximum atomic E-state index is 5.00. The van der Waals surface area contributed by atoms with Gasteiger partial charge in [-0.1, -0.05) is 12.1 Å². The first-order valence-electron chi connectivity index (χ1n) is 5.50. The molecule has 90 valence electrons. The molecule has 0 aliphatic carbocycles. The molecular weight excluding hydrogens is 206 g/mol. The number of aryl methyl sites for hydroxylation is 1. The molecule has 0 aliphatic heterocycles. The number of guanidine groups is 1. The van der Waals surface area contributed by atoms with E-state index in [1.165, 1.54) is 0 Å². The van der Waals surface area contributed by atoms with Gasteiger partial charge in [-0.2, -0.15) is 4.98 Å². The van der Waals surface area contributed by atoms with E-state index in [1.54, 1.807) is 7.05 Å². The van der Waals surface area contributed by atoms with Gasteiger partial charge in [-0.15, -0.1) is 0 Å². The van der Waals surface area contributed by atoms with Gasteiger partial charge in [-0.25, -0.2) is 0 Å². The van der Waals surface area contributed by atoms with E-state index in [-0.39, 0.29) is 0 Å². The highest BCUT2D eigenvalue weighted by molar-refractivity contribution is 5.79. The molecule has 0 spiro atoms. The van der Waals surface area contributed by atoms with Crippen molar-refractivity contribution in [2.45, 2.75) is 26.7 Å². The van der Waals surface area contributed by atoms with Crippen LogP contribution in [0.4, 0.5) is 0 Å². The van der Waals surface area contributed by atoms with Crippen LogP contribution in [0.3, 0.4) is 0 Å². The van der Waals surface area contributed by atoms with Crippen molar-refractivity contribution in [1.29, 1.82) is 0 Å². The summed E-state index contributed by atoms with van der Waals surface area (Å²) in [5.41, 5.74) is 0. The molecule has 1 heterocycles. The fourth-order valence-corrected chi connectivity index (χ4v) is 1.19. The van der Waals surface area contributed by atoms with Gasteiger partial charge in [0.2, 0.25) is 5.89 Å². The van der Waals surface area contributed by atoms with E-state index in [2.05, 4.69) is 32.7 Å². The molecule has 0 radical (unpaired) electrons. The minimum absolute atomic E-state index is 0.649. The van der Waals surface area contributed by atoms with Crippen molar-refractivity contribution in [3.05, 3.63) is 11.7 Å². The van der Waals surface area contributed by atoms with Crippen molar-refractivity contribution in [2.75, 3.05) is 20.1 Å². The summed E-state index contributed by atoms with van der Waals surface area (Å²) in [6.45, 7) is 5.56. The molecule has 0 fully saturated rings. The van der Waals surface area contributed by atoms with Crippen LogP contribution in [0, 0.1) is 6.92 Å². The maximum Gasteiger partial charge on any atom is 0.228 e. The molecule has 0 bridgehead atoms. The average molecular weight is 225 g/mol. The van der Waals surface area contributed by atoms with E-state index in [0.29, 0.717) is 18.1 Å². The van der Waals surface area contributed by atoms with Gasteiger partial charge < -0.3 is 15.2 Å². The lowest BCUT2D eigenvalue weighted by Gasteiger charge is -2.09. The Hall–Kier alpha value is -1.59. The molecule has 1 aromatic heterocycles. The maximum absolute atomic E-state index is 5.00. The highest BCUT2D eigenvalue weighted by atomic mass is 16.5. The van der Waals surface area contributed by atoms with Gasteiger partial charge in [-0.05, 0) is 13.3 Å². The van der Waals surface area contributed by atoms with E-state index in [0.717, 1.165) is 25.5 Å². The number of rotatable bonds is 5. The van der Waals surface area contributed by atoms with Crippen molar-refractivity contribution in [3.63, 3.8) is 0 Å². The van der Waals surface area contributed by atoms with Crippen LogP contribution in [0.25, 0.3) is 0 Å². The van der Waals surface area contributed by atoms with Gasteiger partial charge in [0.15, 0.2) is 11.8 Å². The van der Waals surface area contributed by atoms with E-state index in [4.69, 9.17) is 4.52 Å². The summed E-state index contributed by atoms with van der Waals surface area (Å²) in [6.07, 6.45) is 1.78. The summed E-state index contributed by atoms with van der Waals surface area (Å²) in [7, 11) is 1.75. The molecule has 2 N–H and O–H groups in total. The van der Waals surface area contributed by atoms with Gasteiger partial charge >= 0.3 is 0 Å². The normalized spacial score (nSPS) is 11.6. The summed E-state index contributed by atoms with van der Waals surface area (Å²) in [5.74, 6) is 2.12. The highest BCUT2D eigenvalue weighted by Crippen LogP contribution is 1.95. The summed E-state index contributed by atoms with van der Waals surface area (Å²) in [5, 5.41) is 10.1. The Morgan fingerprint density at radius 1 is 1.38 bits per heavy atom. The Morgan fingerprint density at radius 2 is 2.12 bits per heavy atom. The molecule has 16 heavy (non-hydrogen) atoms. The zero-order chi connectivity index (χ0) is 11.8. The second kappa shape index (κ2) is 6.81. The van der Waals surface area contributed by atoms with Crippen molar-refractivity contribution < 1.29 is 4.52 Å². The quantitative estimate of drug-likeness (QED) is 0.563. The fraction of sp³-hybridized carbons (Fsp3) is 0.700. The molecule has 0 amide bonds. The van der Waals surface area contributed by atoms with Crippen LogP contribution in [0.15, 0.2) is 9.52 Å². The van der Waals surface area contributed by atoms with Gasteiger partial charge in [-0.3, -0.25) is 4.99 Å². The molecule has 0 aromatic carbocycles. The molecular formula is C10H19N5O. The lowest BCUT2D eigenvalue weighted by Crippen LogP contribution is -2.38. The third-order valence-corrected chi connectivity index (χ3v) is 1.97. The lowest BCUT2D eigenvalue weighted by atomic mass is 10.4. The van der Waals surface area contributed by atoms with Crippen molar-refractivity contribution in [2.24, 2.45) is 4.99 Å². The minimum Gasteiger partial charge on any atom is -0.356 e. The smallest absolute Gasteiger partial charge is 0.228 e. The summed E-state index contributed by atoms with van der Waals surface area (Å²) < 4.78 is 5.00. The Kier molecular flexibility index (Phi) is 5.31. The number of nitrogens with one attached hydrogen (secondary N) is 2. The number of hydrogen-bond acceptors (Lipinski definition) is 4. The van der Waals surface area contributed by atoms with Crippen molar-refractivity contribution in [1.82, 2.24) is 20.8 Å². The third-order valence-electron chi connectivity index (χ3n) is 1.97. The van der Waals surface area contributed by atoms with Gasteiger partial charge in [0.05, 0.1) is 0 Å². The predicted molar refractivity (Wildman–Crippen MR) is 62.4 cm³/mol. The fourth-order valence-electron chi connectivity index (χ4n) is 1.19. The molecule has 0 atom stereocenters. The van der Waals surface area contributed by atoms with Crippen molar-refractivity contribution in [3.8, 4) is 0 Å². The van der Waals surface area contributed by atoms with E-state index in [9.17, 15) is 0 Å². The van der Waals surface area contributed by atoms with E-state index >= 15 is 0 Å². The molecule has 0 saturated carbocycles. The zero-order valence-electron chi connectivity index (χ0n) is 10.1. The first kappa shape index (κ1) is 12.5. The minimum atomic E-state index is 0.649. The molecule has 0 unspecified atom stereocenters. The zero-order valence-corrected chi connectivity index (χ0v) is 10.1. The molecule has 0 saturated heterocycles. The molecule has 6 heteroatoms. The van der Waals surface area contributed by atoms with Crippen LogP contribution in [-0.2, 0) is 6.42 Å². The van der Waals surface area contributed by atoms with Crippen LogP contribution in [-0.4, -0.2) is 36.2 Å². The van der Waals surface area contributed by atoms with Gasteiger partial charge in [0.1, 0.15) is 0 Å². The number of nitrogens with zero attached hydrogens (tertiary/aromatic N) is 3. The van der Waals surface area contributed by atoms with Crippen LogP contribution < -0.4 is 10.6 Å². The molecule has 1 rings (SSSR count). The van der Waals surface area contributed by atoms with Crippen LogP contribution in [0.5, 0.6) is 0 Å². The Balaban J connectivity index is 2.23. The highest BCUT2D eigenvalue weighted by Gasteiger charge is 2.02. The summed E-state index contributed by atoms with van der Waals surface area (Å²) in [6, 6.07) is 0. The summed E-state index contributed by atoms with van der Waals surface area (Å²) >= 11 is 0. The Labute approximate surface area is 95.5 Å². The largest absolute Gasteiger partial charge is 0.356 e. The molecule has 6 nitrogen and oxygen atoms in total. The third kappa shape index (κ3) is 4.29. The Bertz CT molecular complexity index is 334. The van der Waals surface area contributed by atoms with Crippen LogP contribution >= 0.6 is 0 Å². The second-order valence-corrected chi connectivity index (χ2v) is 3.41. The lowest BCUT2D eigenvalue weighted by molar-refractivity contribution is 0.374. The topological polar surface area (TPSA) is 75.3 Å². The number of aliphatic imine (C=N–C) groups is 1. The average Bonchev–Trinajstić information content (AvgIpc) is 2.69. The van der Waals surface area contributed by atoms with E-state index < -0.39 is 0 Å². The predicted octanol–water partition coefficient (Wildman–Crippen LogP) is 0.496. The second-order valence-electron chi connectivity index (χ2n) is 3.41. The van der Waals surface area contributed by atoms with Gasteiger partial charge in [0.25, 0.3) is 0 Å². The van der Waals surface area contributed by atoms with Gasteiger partial charge in [0, 0.05) is 26.6 Å². The van der Waals surface area contributed by atoms with E-state index in [1.807, 2.05) is 6.92 Å². The summed E-state index contributed by atoms with van der Waals surface area (Å²) in [4.78, 5) is 8.21. The van der Waals surface area contributed by atoms with Crippen LogP contribution in [0.1, 0.15) is 25.1 Å². The standard InChI is InChI=1S/C10H19N5O/c1-4-6-12-10(11-3)13-7-5-9-14-8(2)15-16-9/h4-7H2,1-3H3,(H2,11,12,13). The number of hydrogen-bond donors (Lipinski definition) is 2. The first-order valence-corrected chi connectivity index (χ1v) is 5.50. The number of aromatic nitrogens is 2. The Morgan fingerprint density at radius 3 is 2.69 bits per heavy atom. The SMILES string of the molecule is CCCNC(=NC)NCCc1nc(C)no1. The van der Waals surface area contributed by atoms with Crippen LogP contribution in [0.2, 0.25) is 0 Å². The van der Waals surface area contributed by atoms with Crippen molar-refractivity contribution >= 4 is 5.96 Å².